The van der Waals surface area contributed by atoms with E-state index >= 15 is 0 Å². The van der Waals surface area contributed by atoms with Gasteiger partial charge in [0, 0.05) is 6.54 Å². The summed E-state index contributed by atoms with van der Waals surface area (Å²) >= 11 is 0. The molecule has 1 unspecified atom stereocenters. The van der Waals surface area contributed by atoms with Crippen LogP contribution < -0.4 is 10.1 Å². The van der Waals surface area contributed by atoms with Gasteiger partial charge < -0.3 is 10.1 Å². The van der Waals surface area contributed by atoms with E-state index in [2.05, 4.69) is 59.0 Å². The highest BCUT2D eigenvalue weighted by molar-refractivity contribution is 5.42. The third-order valence-corrected chi connectivity index (χ3v) is 3.42. The van der Waals surface area contributed by atoms with Crippen LogP contribution in [0.25, 0.3) is 0 Å². The Morgan fingerprint density at radius 3 is 2.42 bits per heavy atom. The fourth-order valence-corrected chi connectivity index (χ4v) is 2.08. The van der Waals surface area contributed by atoms with Gasteiger partial charge >= 0.3 is 0 Å². The van der Waals surface area contributed by atoms with E-state index in [9.17, 15) is 0 Å². The SMILES string of the molecule is Cc1cc(C)c(C)c(OC(C)CNCCC(C)C)c1. The molecule has 0 amide bonds. The number of hydrogen-bond donors (Lipinski definition) is 1. The van der Waals surface area contributed by atoms with E-state index in [1.165, 1.54) is 23.1 Å². The van der Waals surface area contributed by atoms with Crippen molar-refractivity contribution in [1.82, 2.24) is 5.32 Å². The summed E-state index contributed by atoms with van der Waals surface area (Å²) in [5.74, 6) is 1.78. The van der Waals surface area contributed by atoms with E-state index < -0.39 is 0 Å². The first-order valence-corrected chi connectivity index (χ1v) is 7.35. The molecule has 0 radical (unpaired) electrons. The molecule has 0 saturated carbocycles. The second-order valence-electron chi connectivity index (χ2n) is 6.02. The molecule has 1 aromatic carbocycles. The monoisotopic (exact) mass is 263 g/mol. The zero-order valence-corrected chi connectivity index (χ0v) is 13.3. The largest absolute Gasteiger partial charge is 0.489 e. The number of rotatable bonds is 7. The van der Waals surface area contributed by atoms with Gasteiger partial charge in [0.1, 0.15) is 11.9 Å². The van der Waals surface area contributed by atoms with Crippen LogP contribution in [-0.2, 0) is 0 Å². The predicted octanol–water partition coefficient (Wildman–Crippen LogP) is 4.01. The van der Waals surface area contributed by atoms with Crippen molar-refractivity contribution in [2.75, 3.05) is 13.1 Å². The maximum Gasteiger partial charge on any atom is 0.123 e. The molecular formula is C17H29NO. The highest BCUT2D eigenvalue weighted by atomic mass is 16.5. The van der Waals surface area contributed by atoms with E-state index in [0.29, 0.717) is 0 Å². The van der Waals surface area contributed by atoms with Crippen molar-refractivity contribution < 1.29 is 4.74 Å². The molecule has 1 N–H and O–H groups in total. The molecule has 2 heteroatoms. The molecule has 0 heterocycles. The second kappa shape index (κ2) is 7.54. The summed E-state index contributed by atoms with van der Waals surface area (Å²) in [5.41, 5.74) is 3.81. The minimum absolute atomic E-state index is 0.201. The van der Waals surface area contributed by atoms with E-state index in [0.717, 1.165) is 24.8 Å². The second-order valence-corrected chi connectivity index (χ2v) is 6.02. The van der Waals surface area contributed by atoms with Gasteiger partial charge in [0.15, 0.2) is 0 Å². The summed E-state index contributed by atoms with van der Waals surface area (Å²) < 4.78 is 6.05. The lowest BCUT2D eigenvalue weighted by Gasteiger charge is -2.19. The predicted molar refractivity (Wildman–Crippen MR) is 83.1 cm³/mol. The molecule has 0 aliphatic rings. The maximum absolute atomic E-state index is 6.05. The highest BCUT2D eigenvalue weighted by Crippen LogP contribution is 2.24. The highest BCUT2D eigenvalue weighted by Gasteiger charge is 2.08. The van der Waals surface area contributed by atoms with Crippen molar-refractivity contribution >= 4 is 0 Å². The first-order chi connectivity index (χ1) is 8.90. The number of benzene rings is 1. The van der Waals surface area contributed by atoms with Gasteiger partial charge in [-0.3, -0.25) is 0 Å². The smallest absolute Gasteiger partial charge is 0.123 e. The molecular weight excluding hydrogens is 234 g/mol. The van der Waals surface area contributed by atoms with Gasteiger partial charge in [0.2, 0.25) is 0 Å². The molecule has 0 aromatic heterocycles. The molecule has 0 saturated heterocycles. The third kappa shape index (κ3) is 5.65. The Labute approximate surface area is 118 Å². The lowest BCUT2D eigenvalue weighted by Crippen LogP contribution is -2.30. The fourth-order valence-electron chi connectivity index (χ4n) is 2.08. The van der Waals surface area contributed by atoms with Crippen LogP contribution in [-0.4, -0.2) is 19.2 Å². The molecule has 0 spiro atoms. The molecule has 1 rings (SSSR count). The van der Waals surface area contributed by atoms with Crippen molar-refractivity contribution in [3.05, 3.63) is 28.8 Å². The topological polar surface area (TPSA) is 21.3 Å². The summed E-state index contributed by atoms with van der Waals surface area (Å²) in [4.78, 5) is 0. The molecule has 0 bridgehead atoms. The fraction of sp³-hybridized carbons (Fsp3) is 0.647. The van der Waals surface area contributed by atoms with E-state index in [-0.39, 0.29) is 6.10 Å². The minimum atomic E-state index is 0.201. The summed E-state index contributed by atoms with van der Waals surface area (Å²) in [5, 5.41) is 3.46. The van der Waals surface area contributed by atoms with Crippen LogP contribution in [0.2, 0.25) is 0 Å². The molecule has 1 aromatic rings. The van der Waals surface area contributed by atoms with Crippen LogP contribution in [0, 0.1) is 26.7 Å². The molecule has 19 heavy (non-hydrogen) atoms. The Hall–Kier alpha value is -1.02. The third-order valence-electron chi connectivity index (χ3n) is 3.42. The number of nitrogens with one attached hydrogen (secondary N) is 1. The van der Waals surface area contributed by atoms with Crippen LogP contribution in [0.4, 0.5) is 0 Å². The van der Waals surface area contributed by atoms with Gasteiger partial charge in [-0.2, -0.15) is 0 Å². The Kier molecular flexibility index (Phi) is 6.36. The molecule has 2 nitrogen and oxygen atoms in total. The van der Waals surface area contributed by atoms with Gasteiger partial charge in [-0.05, 0) is 69.3 Å². The van der Waals surface area contributed by atoms with Crippen LogP contribution in [0.3, 0.4) is 0 Å². The molecule has 0 fully saturated rings. The summed E-state index contributed by atoms with van der Waals surface area (Å²) in [6, 6.07) is 4.33. The maximum atomic E-state index is 6.05. The van der Waals surface area contributed by atoms with Crippen LogP contribution in [0.1, 0.15) is 43.9 Å². The summed E-state index contributed by atoms with van der Waals surface area (Å²) in [6.07, 6.45) is 1.42. The lowest BCUT2D eigenvalue weighted by molar-refractivity contribution is 0.215. The normalized spacial score (nSPS) is 12.8. The van der Waals surface area contributed by atoms with Crippen LogP contribution in [0.15, 0.2) is 12.1 Å². The minimum Gasteiger partial charge on any atom is -0.489 e. The average molecular weight is 263 g/mol. The molecule has 1 atom stereocenters. The Morgan fingerprint density at radius 1 is 1.11 bits per heavy atom. The number of hydrogen-bond acceptors (Lipinski definition) is 2. The van der Waals surface area contributed by atoms with E-state index in [1.807, 2.05) is 0 Å². The Balaban J connectivity index is 2.46. The molecule has 0 aliphatic carbocycles. The first-order valence-electron chi connectivity index (χ1n) is 7.35. The van der Waals surface area contributed by atoms with Crippen LogP contribution >= 0.6 is 0 Å². The van der Waals surface area contributed by atoms with Crippen molar-refractivity contribution in [2.45, 2.75) is 54.1 Å². The van der Waals surface area contributed by atoms with Gasteiger partial charge in [-0.15, -0.1) is 0 Å². The lowest BCUT2D eigenvalue weighted by atomic mass is 10.1. The number of aryl methyl sites for hydroxylation is 2. The standard InChI is InChI=1S/C17H29NO/c1-12(2)7-8-18-11-15(5)19-17-10-13(3)9-14(4)16(17)6/h9-10,12,15,18H,7-8,11H2,1-6H3. The first kappa shape index (κ1) is 16.0. The summed E-state index contributed by atoms with van der Waals surface area (Å²) in [6.45, 7) is 15.0. The van der Waals surface area contributed by atoms with E-state index in [4.69, 9.17) is 4.74 Å². The Bertz CT molecular complexity index is 398. The molecule has 0 aliphatic heterocycles. The Morgan fingerprint density at radius 2 is 1.79 bits per heavy atom. The van der Waals surface area contributed by atoms with Crippen molar-refractivity contribution in [3.8, 4) is 5.75 Å². The van der Waals surface area contributed by atoms with Gasteiger partial charge in [0.25, 0.3) is 0 Å². The van der Waals surface area contributed by atoms with Gasteiger partial charge in [-0.1, -0.05) is 19.9 Å². The molecule has 108 valence electrons. The zero-order valence-electron chi connectivity index (χ0n) is 13.3. The van der Waals surface area contributed by atoms with Crippen molar-refractivity contribution in [2.24, 2.45) is 5.92 Å². The van der Waals surface area contributed by atoms with Crippen LogP contribution in [0.5, 0.6) is 5.75 Å². The number of ether oxygens (including phenoxy) is 1. The van der Waals surface area contributed by atoms with Gasteiger partial charge in [0.05, 0.1) is 0 Å². The summed E-state index contributed by atoms with van der Waals surface area (Å²) in [7, 11) is 0. The average Bonchev–Trinajstić information content (AvgIpc) is 2.31. The van der Waals surface area contributed by atoms with E-state index in [1.54, 1.807) is 0 Å². The quantitative estimate of drug-likeness (QED) is 0.750. The van der Waals surface area contributed by atoms with Crippen molar-refractivity contribution in [1.29, 1.82) is 0 Å². The van der Waals surface area contributed by atoms with Gasteiger partial charge in [-0.25, -0.2) is 0 Å². The zero-order chi connectivity index (χ0) is 14.4. The van der Waals surface area contributed by atoms with Crippen molar-refractivity contribution in [3.63, 3.8) is 0 Å².